The Hall–Kier alpha value is -4.38. The number of thiazole rings is 1. The van der Waals surface area contributed by atoms with Gasteiger partial charge in [0, 0.05) is 5.56 Å². The molecule has 1 aromatic heterocycles. The number of amides is 1. The van der Waals surface area contributed by atoms with Crippen molar-refractivity contribution in [2.24, 2.45) is 0 Å². The van der Waals surface area contributed by atoms with Crippen LogP contribution in [0.1, 0.15) is 45.9 Å². The fourth-order valence-corrected chi connectivity index (χ4v) is 5.26. The summed E-state index contributed by atoms with van der Waals surface area (Å²) in [4.78, 5) is 45.0. The summed E-state index contributed by atoms with van der Waals surface area (Å²) < 4.78 is 21.3. The molecule has 4 rings (SSSR count). The predicted molar refractivity (Wildman–Crippen MR) is 145 cm³/mol. The molecule has 204 valence electrons. The van der Waals surface area contributed by atoms with Crippen LogP contribution in [0.5, 0.6) is 17.2 Å². The van der Waals surface area contributed by atoms with E-state index < -0.39 is 23.7 Å². The zero-order valence-corrected chi connectivity index (χ0v) is 23.0. The summed E-state index contributed by atoms with van der Waals surface area (Å²) in [6.45, 7) is 4.06. The minimum Gasteiger partial charge on any atom is -0.507 e. The highest BCUT2D eigenvalue weighted by Crippen LogP contribution is 2.45. The highest BCUT2D eigenvalue weighted by molar-refractivity contribution is 7.17. The number of methoxy groups -OCH3 is 3. The molecule has 1 saturated heterocycles. The Labute approximate surface area is 229 Å². The second-order valence-electron chi connectivity index (χ2n) is 8.56. The number of nitrogens with zero attached hydrogens (tertiary/aromatic N) is 2. The molecule has 0 saturated carbocycles. The number of ketones is 1. The van der Waals surface area contributed by atoms with E-state index in [1.165, 1.54) is 26.2 Å². The van der Waals surface area contributed by atoms with Gasteiger partial charge in [0.25, 0.3) is 5.78 Å². The fraction of sp³-hybridized carbons (Fsp3) is 0.286. The Morgan fingerprint density at radius 1 is 1.08 bits per heavy atom. The second kappa shape index (κ2) is 11.6. The fourth-order valence-electron chi connectivity index (χ4n) is 4.24. The molecule has 11 heteroatoms. The average molecular weight is 553 g/mol. The van der Waals surface area contributed by atoms with Gasteiger partial charge in [0.1, 0.15) is 16.4 Å². The van der Waals surface area contributed by atoms with E-state index >= 15 is 0 Å². The third-order valence-electron chi connectivity index (χ3n) is 6.11. The topological polar surface area (TPSA) is 124 Å². The highest BCUT2D eigenvalue weighted by Gasteiger charge is 2.48. The number of carbonyl (C=O) groups excluding carboxylic acids is 3. The van der Waals surface area contributed by atoms with Gasteiger partial charge in [-0.15, -0.1) is 0 Å². The lowest BCUT2D eigenvalue weighted by Gasteiger charge is -2.24. The number of ether oxygens (including phenoxy) is 4. The number of benzene rings is 2. The maximum absolute atomic E-state index is 13.5. The number of anilines is 1. The lowest BCUT2D eigenvalue weighted by atomic mass is 9.95. The molecular formula is C28H28N2O8S. The number of aryl methyl sites for hydroxylation is 1. The van der Waals surface area contributed by atoms with Crippen LogP contribution < -0.4 is 19.1 Å². The SMILES string of the molecule is CCCOc1cccc(C(O)=C2C(=O)C(=O)N(c3nc(C)c(C(=O)OC)s3)C2c2ccc(OC)c(OC)c2)c1. The number of carbonyl (C=O) groups is 3. The normalized spacial score (nSPS) is 16.3. The Morgan fingerprint density at radius 2 is 1.82 bits per heavy atom. The molecule has 1 unspecified atom stereocenters. The van der Waals surface area contributed by atoms with E-state index in [9.17, 15) is 19.5 Å². The van der Waals surface area contributed by atoms with Gasteiger partial charge >= 0.3 is 11.9 Å². The number of esters is 1. The number of Topliss-reactive ketones (excluding diaryl/α,β-unsaturated/α-hetero) is 1. The van der Waals surface area contributed by atoms with Crippen molar-refractivity contribution in [2.75, 3.05) is 32.8 Å². The van der Waals surface area contributed by atoms with Crippen LogP contribution in [0.4, 0.5) is 5.13 Å². The third-order valence-corrected chi connectivity index (χ3v) is 7.25. The van der Waals surface area contributed by atoms with Crippen molar-refractivity contribution in [1.82, 2.24) is 4.98 Å². The van der Waals surface area contributed by atoms with Crippen molar-refractivity contribution < 1.29 is 38.4 Å². The van der Waals surface area contributed by atoms with Crippen molar-refractivity contribution in [3.8, 4) is 17.2 Å². The summed E-state index contributed by atoms with van der Waals surface area (Å²) >= 11 is 0.919. The molecule has 39 heavy (non-hydrogen) atoms. The van der Waals surface area contributed by atoms with Gasteiger partial charge in [-0.25, -0.2) is 9.78 Å². The van der Waals surface area contributed by atoms with Crippen LogP contribution in [-0.4, -0.2) is 55.7 Å². The molecule has 0 spiro atoms. The zero-order valence-electron chi connectivity index (χ0n) is 22.1. The summed E-state index contributed by atoms with van der Waals surface area (Å²) in [5.74, 6) is -1.48. The van der Waals surface area contributed by atoms with Crippen LogP contribution in [0.3, 0.4) is 0 Å². The Kier molecular flexibility index (Phi) is 8.20. The van der Waals surface area contributed by atoms with Crippen molar-refractivity contribution in [2.45, 2.75) is 26.3 Å². The Morgan fingerprint density at radius 3 is 2.49 bits per heavy atom. The predicted octanol–water partition coefficient (Wildman–Crippen LogP) is 4.67. The number of rotatable bonds is 9. The number of aliphatic hydroxyl groups excluding tert-OH is 1. The smallest absolute Gasteiger partial charge is 0.350 e. The maximum Gasteiger partial charge on any atom is 0.350 e. The first kappa shape index (κ1) is 27.6. The molecule has 3 aromatic rings. The molecule has 10 nitrogen and oxygen atoms in total. The summed E-state index contributed by atoms with van der Waals surface area (Å²) in [6, 6.07) is 10.5. The van der Waals surface area contributed by atoms with Crippen LogP contribution in [0.2, 0.25) is 0 Å². The van der Waals surface area contributed by atoms with E-state index in [-0.39, 0.29) is 21.3 Å². The number of hydrogen-bond donors (Lipinski definition) is 1. The zero-order chi connectivity index (χ0) is 28.3. The lowest BCUT2D eigenvalue weighted by molar-refractivity contribution is -0.132. The van der Waals surface area contributed by atoms with Crippen molar-refractivity contribution in [1.29, 1.82) is 0 Å². The molecule has 2 aromatic carbocycles. The van der Waals surface area contributed by atoms with Gasteiger partial charge in [-0.3, -0.25) is 14.5 Å². The molecule has 1 atom stereocenters. The van der Waals surface area contributed by atoms with Crippen LogP contribution in [-0.2, 0) is 14.3 Å². The molecule has 0 radical (unpaired) electrons. The van der Waals surface area contributed by atoms with Gasteiger partial charge in [0.2, 0.25) is 0 Å². The number of aliphatic hydroxyl groups is 1. The molecule has 1 amide bonds. The molecule has 2 heterocycles. The van der Waals surface area contributed by atoms with E-state index in [0.29, 0.717) is 40.7 Å². The maximum atomic E-state index is 13.5. The first-order chi connectivity index (χ1) is 18.7. The first-order valence-electron chi connectivity index (χ1n) is 12.1. The largest absolute Gasteiger partial charge is 0.507 e. The lowest BCUT2D eigenvalue weighted by Crippen LogP contribution is -2.29. The molecule has 1 aliphatic rings. The van der Waals surface area contributed by atoms with Crippen LogP contribution in [0.25, 0.3) is 5.76 Å². The molecular weight excluding hydrogens is 524 g/mol. The van der Waals surface area contributed by atoms with E-state index in [4.69, 9.17) is 18.9 Å². The van der Waals surface area contributed by atoms with Crippen molar-refractivity contribution in [3.63, 3.8) is 0 Å². The minimum atomic E-state index is -1.08. The summed E-state index contributed by atoms with van der Waals surface area (Å²) in [5, 5.41) is 11.6. The standard InChI is InChI=1S/C28H28N2O8S/c1-6-12-38-18-9-7-8-17(13-18)23(31)21-22(16-10-11-19(35-3)20(14-16)36-4)30(26(33)24(21)32)28-29-15(2)25(39-28)27(34)37-5/h7-11,13-14,22,31H,6,12H2,1-5H3. The van der Waals surface area contributed by atoms with Gasteiger partial charge in [0.05, 0.1) is 45.2 Å². The van der Waals surface area contributed by atoms with E-state index in [0.717, 1.165) is 17.8 Å². The molecule has 0 aliphatic carbocycles. The first-order valence-corrected chi connectivity index (χ1v) is 12.9. The quantitative estimate of drug-likeness (QED) is 0.174. The number of hydrogen-bond acceptors (Lipinski definition) is 10. The van der Waals surface area contributed by atoms with Crippen LogP contribution >= 0.6 is 11.3 Å². The van der Waals surface area contributed by atoms with Gasteiger partial charge in [-0.1, -0.05) is 36.5 Å². The van der Waals surface area contributed by atoms with E-state index in [2.05, 4.69) is 4.98 Å². The molecule has 0 bridgehead atoms. The number of aromatic nitrogens is 1. The molecule has 1 N–H and O–H groups in total. The van der Waals surface area contributed by atoms with Gasteiger partial charge in [-0.2, -0.15) is 0 Å². The Bertz CT molecular complexity index is 1460. The van der Waals surface area contributed by atoms with Crippen molar-refractivity contribution in [3.05, 3.63) is 69.7 Å². The average Bonchev–Trinajstić information content (AvgIpc) is 3.46. The van der Waals surface area contributed by atoms with Gasteiger partial charge in [-0.05, 0) is 43.2 Å². The Balaban J connectivity index is 1.93. The molecule has 1 aliphatic heterocycles. The second-order valence-corrected chi connectivity index (χ2v) is 9.54. The van der Waals surface area contributed by atoms with Crippen LogP contribution in [0, 0.1) is 6.92 Å². The summed E-state index contributed by atoms with van der Waals surface area (Å²) in [6.07, 6.45) is 0.793. The van der Waals surface area contributed by atoms with Crippen LogP contribution in [0.15, 0.2) is 48.0 Å². The van der Waals surface area contributed by atoms with E-state index in [1.807, 2.05) is 6.92 Å². The highest BCUT2D eigenvalue weighted by atomic mass is 32.1. The summed E-state index contributed by atoms with van der Waals surface area (Å²) in [5.41, 5.74) is 0.958. The monoisotopic (exact) mass is 552 g/mol. The molecule has 1 fully saturated rings. The van der Waals surface area contributed by atoms with Crippen molar-refractivity contribution >= 4 is 39.9 Å². The van der Waals surface area contributed by atoms with Gasteiger partial charge < -0.3 is 24.1 Å². The minimum absolute atomic E-state index is 0.105. The summed E-state index contributed by atoms with van der Waals surface area (Å²) in [7, 11) is 4.20. The van der Waals surface area contributed by atoms with Gasteiger partial charge in [0.15, 0.2) is 16.6 Å². The van der Waals surface area contributed by atoms with E-state index in [1.54, 1.807) is 49.4 Å². The third kappa shape index (κ3) is 5.17.